The maximum Gasteiger partial charge on any atom is 0.227 e. The summed E-state index contributed by atoms with van der Waals surface area (Å²) >= 11 is 0. The first-order valence-electron chi connectivity index (χ1n) is 9.57. The second kappa shape index (κ2) is 8.55. The van der Waals surface area contributed by atoms with Crippen LogP contribution in [0.3, 0.4) is 0 Å². The molecule has 31 heavy (non-hydrogen) atoms. The van der Waals surface area contributed by atoms with Gasteiger partial charge in [0.05, 0.1) is 25.1 Å². The molecule has 2 heterocycles. The lowest BCUT2D eigenvalue weighted by atomic mass is 10.1. The Bertz CT molecular complexity index is 1110. The summed E-state index contributed by atoms with van der Waals surface area (Å²) < 4.78 is 37.2. The van der Waals surface area contributed by atoms with Crippen LogP contribution in [0, 0.1) is 17.6 Å². The van der Waals surface area contributed by atoms with E-state index in [1.54, 1.807) is 36.3 Å². The first-order chi connectivity index (χ1) is 14.9. The summed E-state index contributed by atoms with van der Waals surface area (Å²) in [7, 11) is 1.56. The number of nitrogens with one attached hydrogen (secondary N) is 1. The highest BCUT2D eigenvalue weighted by Crippen LogP contribution is 2.27. The lowest BCUT2D eigenvalue weighted by Gasteiger charge is -2.17. The van der Waals surface area contributed by atoms with Crippen LogP contribution in [0.4, 0.5) is 14.5 Å². The van der Waals surface area contributed by atoms with Gasteiger partial charge in [0.1, 0.15) is 23.1 Å². The number of halogens is 2. The molecule has 1 aromatic heterocycles. The number of nitrogens with zero attached hydrogens (tertiary/aromatic N) is 2. The number of carbonyl (C=O) groups is 2. The summed E-state index contributed by atoms with van der Waals surface area (Å²) in [6.45, 7) is 0.320. The average Bonchev–Trinajstić information content (AvgIpc) is 3.39. The number of hydrogen-bond donors (Lipinski definition) is 1. The van der Waals surface area contributed by atoms with Crippen LogP contribution in [0.15, 0.2) is 53.1 Å². The largest absolute Gasteiger partial charge is 0.497 e. The number of hydrogen-bond acceptors (Lipinski definition) is 5. The van der Waals surface area contributed by atoms with Crippen molar-refractivity contribution in [3.63, 3.8) is 0 Å². The van der Waals surface area contributed by atoms with Gasteiger partial charge in [0, 0.05) is 30.8 Å². The molecule has 1 saturated heterocycles. The summed E-state index contributed by atoms with van der Waals surface area (Å²) in [5.41, 5.74) is 1.15. The van der Waals surface area contributed by atoms with Crippen molar-refractivity contribution in [3.05, 3.63) is 65.9 Å². The van der Waals surface area contributed by atoms with E-state index in [0.29, 0.717) is 17.1 Å². The molecule has 160 valence electrons. The highest BCUT2D eigenvalue weighted by molar-refractivity contribution is 6.00. The molecule has 0 saturated carbocycles. The SMILES string of the molecule is COc1ccc(N2C[C@H](C(=O)NCc3cc(-c4ccc(F)cc4F)on3)CC2=O)cc1. The molecule has 0 spiro atoms. The minimum absolute atomic E-state index is 0.0539. The smallest absolute Gasteiger partial charge is 0.227 e. The molecule has 1 N–H and O–H groups in total. The molecule has 1 aliphatic heterocycles. The highest BCUT2D eigenvalue weighted by atomic mass is 19.1. The van der Waals surface area contributed by atoms with Crippen LogP contribution in [-0.2, 0) is 16.1 Å². The van der Waals surface area contributed by atoms with Gasteiger partial charge in [-0.3, -0.25) is 9.59 Å². The number of methoxy groups -OCH3 is 1. The second-order valence-electron chi connectivity index (χ2n) is 7.13. The third kappa shape index (κ3) is 4.40. The average molecular weight is 427 g/mol. The van der Waals surface area contributed by atoms with Crippen LogP contribution in [-0.4, -0.2) is 30.6 Å². The van der Waals surface area contributed by atoms with Gasteiger partial charge in [-0.05, 0) is 36.4 Å². The fourth-order valence-corrected chi connectivity index (χ4v) is 3.43. The van der Waals surface area contributed by atoms with Crippen LogP contribution >= 0.6 is 0 Å². The number of aromatic nitrogens is 1. The van der Waals surface area contributed by atoms with E-state index in [1.165, 1.54) is 12.1 Å². The maximum absolute atomic E-state index is 13.9. The fraction of sp³-hybridized carbons (Fsp3) is 0.227. The Hall–Kier alpha value is -3.75. The van der Waals surface area contributed by atoms with Crippen LogP contribution in [0.25, 0.3) is 11.3 Å². The minimum atomic E-state index is -0.769. The second-order valence-corrected chi connectivity index (χ2v) is 7.13. The van der Waals surface area contributed by atoms with Crippen molar-refractivity contribution in [2.75, 3.05) is 18.6 Å². The van der Waals surface area contributed by atoms with E-state index in [9.17, 15) is 18.4 Å². The summed E-state index contributed by atoms with van der Waals surface area (Å²) in [5.74, 6) is -1.59. The van der Waals surface area contributed by atoms with Gasteiger partial charge in [-0.2, -0.15) is 0 Å². The molecular formula is C22H19F2N3O4. The van der Waals surface area contributed by atoms with Gasteiger partial charge < -0.3 is 19.5 Å². The van der Waals surface area contributed by atoms with Crippen molar-refractivity contribution >= 4 is 17.5 Å². The van der Waals surface area contributed by atoms with Crippen molar-refractivity contribution < 1.29 is 27.6 Å². The Labute approximate surface area is 176 Å². The Morgan fingerprint density at radius 3 is 2.71 bits per heavy atom. The van der Waals surface area contributed by atoms with Gasteiger partial charge in [0.15, 0.2) is 5.76 Å². The molecule has 0 bridgehead atoms. The van der Waals surface area contributed by atoms with Gasteiger partial charge in [0.25, 0.3) is 0 Å². The third-order valence-corrected chi connectivity index (χ3v) is 5.08. The summed E-state index contributed by atoms with van der Waals surface area (Å²) in [6, 6.07) is 11.6. The first-order valence-corrected chi connectivity index (χ1v) is 9.57. The molecule has 3 aromatic rings. The first kappa shape index (κ1) is 20.5. The molecule has 0 unspecified atom stereocenters. The van der Waals surface area contributed by atoms with Crippen LogP contribution < -0.4 is 15.0 Å². The molecule has 4 rings (SSSR count). The Morgan fingerprint density at radius 2 is 2.00 bits per heavy atom. The topological polar surface area (TPSA) is 84.7 Å². The van der Waals surface area contributed by atoms with Crippen molar-refractivity contribution in [3.8, 4) is 17.1 Å². The minimum Gasteiger partial charge on any atom is -0.497 e. The van der Waals surface area contributed by atoms with Crippen molar-refractivity contribution in [2.45, 2.75) is 13.0 Å². The summed E-state index contributed by atoms with van der Waals surface area (Å²) in [4.78, 5) is 26.5. The zero-order valence-corrected chi connectivity index (χ0v) is 16.6. The molecule has 0 aliphatic carbocycles. The molecule has 9 heteroatoms. The molecule has 2 amide bonds. The lowest BCUT2D eigenvalue weighted by molar-refractivity contribution is -0.126. The molecule has 1 aliphatic rings. The quantitative estimate of drug-likeness (QED) is 0.653. The molecule has 7 nitrogen and oxygen atoms in total. The Morgan fingerprint density at radius 1 is 1.23 bits per heavy atom. The van der Waals surface area contributed by atoms with Crippen LogP contribution in [0.5, 0.6) is 5.75 Å². The fourth-order valence-electron chi connectivity index (χ4n) is 3.43. The summed E-state index contributed by atoms with van der Waals surface area (Å²) in [5, 5.41) is 6.54. The van der Waals surface area contributed by atoms with Gasteiger partial charge >= 0.3 is 0 Å². The number of anilines is 1. The number of rotatable bonds is 6. The number of carbonyl (C=O) groups excluding carboxylic acids is 2. The van der Waals surface area contributed by atoms with Gasteiger partial charge in [-0.1, -0.05) is 5.16 Å². The van der Waals surface area contributed by atoms with E-state index >= 15 is 0 Å². The standard InChI is InChI=1S/C22H19F2N3O4/c1-30-17-5-3-16(4-6-17)27-12-13(8-21(27)28)22(29)25-11-15-10-20(31-26-15)18-7-2-14(23)9-19(18)24/h2-7,9-10,13H,8,11-12H2,1H3,(H,25,29)/t13-/m1/s1. The summed E-state index contributed by atoms with van der Waals surface area (Å²) in [6.07, 6.45) is 0.0999. The van der Waals surface area contributed by atoms with Gasteiger partial charge in [-0.15, -0.1) is 0 Å². The van der Waals surface area contributed by atoms with Gasteiger partial charge in [-0.25, -0.2) is 8.78 Å². The van der Waals surface area contributed by atoms with Crippen molar-refractivity contribution in [2.24, 2.45) is 5.92 Å². The predicted molar refractivity (Wildman–Crippen MR) is 107 cm³/mol. The number of ether oxygens (including phenoxy) is 1. The van der Waals surface area contributed by atoms with Gasteiger partial charge in [0.2, 0.25) is 11.8 Å². The normalized spacial score (nSPS) is 15.9. The van der Waals surface area contributed by atoms with E-state index in [0.717, 1.165) is 12.1 Å². The van der Waals surface area contributed by atoms with E-state index in [4.69, 9.17) is 9.26 Å². The molecule has 1 atom stereocenters. The van der Waals surface area contributed by atoms with E-state index in [1.807, 2.05) is 0 Å². The van der Waals surface area contributed by atoms with Crippen LogP contribution in [0.2, 0.25) is 0 Å². The molecule has 2 aromatic carbocycles. The Kier molecular flexibility index (Phi) is 5.66. The molecule has 1 fully saturated rings. The molecule has 0 radical (unpaired) electrons. The Balaban J connectivity index is 1.36. The van der Waals surface area contributed by atoms with Crippen molar-refractivity contribution in [1.82, 2.24) is 10.5 Å². The number of amides is 2. The van der Waals surface area contributed by atoms with E-state index < -0.39 is 17.6 Å². The predicted octanol–water partition coefficient (Wildman–Crippen LogP) is 3.30. The monoisotopic (exact) mass is 427 g/mol. The van der Waals surface area contributed by atoms with Crippen molar-refractivity contribution in [1.29, 1.82) is 0 Å². The number of benzene rings is 2. The highest BCUT2D eigenvalue weighted by Gasteiger charge is 2.35. The van der Waals surface area contributed by atoms with Crippen LogP contribution in [0.1, 0.15) is 12.1 Å². The lowest BCUT2D eigenvalue weighted by Crippen LogP contribution is -2.32. The van der Waals surface area contributed by atoms with E-state index in [-0.39, 0.29) is 42.6 Å². The zero-order chi connectivity index (χ0) is 22.0. The third-order valence-electron chi connectivity index (χ3n) is 5.08. The maximum atomic E-state index is 13.9. The molecular weight excluding hydrogens is 408 g/mol. The zero-order valence-electron chi connectivity index (χ0n) is 16.6. The van der Waals surface area contributed by atoms with E-state index in [2.05, 4.69) is 10.5 Å².